The number of aromatic hydroxyl groups is 1. The Balaban J connectivity index is 0.00000256. The van der Waals surface area contributed by atoms with E-state index in [9.17, 15) is 9.90 Å². The number of hydrogen-bond acceptors (Lipinski definition) is 6. The lowest BCUT2D eigenvalue weighted by Gasteiger charge is -2.26. The van der Waals surface area contributed by atoms with Gasteiger partial charge >= 0.3 is 0 Å². The van der Waals surface area contributed by atoms with Gasteiger partial charge in [-0.25, -0.2) is 0 Å². The van der Waals surface area contributed by atoms with E-state index in [0.29, 0.717) is 16.9 Å². The smallest absolute Gasteiger partial charge is 0.221 e. The average Bonchev–Trinajstić information content (AvgIpc) is 3.20. The maximum absolute atomic E-state index is 11.3. The molecule has 1 aliphatic heterocycles. The van der Waals surface area contributed by atoms with Crippen molar-refractivity contribution in [3.63, 3.8) is 0 Å². The number of nitrogens with zero attached hydrogens (tertiary/aromatic N) is 2. The SMILES string of the molecule is CC(=O)Nc1ccc(-c2cccc(-c3cc(N4CCNCC4)no3)c2O)cc1C.Cl. The molecule has 158 valence electrons. The molecule has 0 spiro atoms. The Morgan fingerprint density at radius 1 is 1.17 bits per heavy atom. The van der Waals surface area contributed by atoms with E-state index in [1.54, 1.807) is 0 Å². The number of halogens is 1. The van der Waals surface area contributed by atoms with Gasteiger partial charge in [-0.05, 0) is 36.2 Å². The van der Waals surface area contributed by atoms with Crippen LogP contribution in [-0.2, 0) is 4.79 Å². The van der Waals surface area contributed by atoms with Gasteiger partial charge in [0, 0.05) is 50.4 Å². The molecule has 1 amide bonds. The largest absolute Gasteiger partial charge is 0.507 e. The number of piperazine rings is 1. The first-order chi connectivity index (χ1) is 14.0. The van der Waals surface area contributed by atoms with Crippen molar-refractivity contribution in [3.8, 4) is 28.2 Å². The molecule has 4 rings (SSSR count). The van der Waals surface area contributed by atoms with Crippen LogP contribution in [0.25, 0.3) is 22.5 Å². The lowest BCUT2D eigenvalue weighted by molar-refractivity contribution is -0.114. The Morgan fingerprint density at radius 2 is 1.90 bits per heavy atom. The quantitative estimate of drug-likeness (QED) is 0.585. The van der Waals surface area contributed by atoms with Crippen LogP contribution < -0.4 is 15.5 Å². The summed E-state index contributed by atoms with van der Waals surface area (Å²) < 4.78 is 5.54. The lowest BCUT2D eigenvalue weighted by Crippen LogP contribution is -2.43. The molecule has 0 saturated carbocycles. The summed E-state index contributed by atoms with van der Waals surface area (Å²) >= 11 is 0. The minimum Gasteiger partial charge on any atom is -0.507 e. The summed E-state index contributed by atoms with van der Waals surface area (Å²) in [6, 6.07) is 13.1. The predicted octanol–water partition coefficient (Wildman–Crippen LogP) is 3.81. The van der Waals surface area contributed by atoms with Crippen LogP contribution in [0.5, 0.6) is 5.75 Å². The van der Waals surface area contributed by atoms with Gasteiger partial charge in [0.15, 0.2) is 11.6 Å². The van der Waals surface area contributed by atoms with E-state index in [0.717, 1.165) is 48.8 Å². The third kappa shape index (κ3) is 4.42. The number of carbonyl (C=O) groups excluding carboxylic acids is 1. The Labute approximate surface area is 181 Å². The molecule has 1 aliphatic rings. The number of phenolic OH excluding ortho intramolecular Hbond substituents is 1. The first-order valence-electron chi connectivity index (χ1n) is 9.66. The number of aryl methyl sites for hydroxylation is 1. The summed E-state index contributed by atoms with van der Waals surface area (Å²) in [5.41, 5.74) is 3.83. The van der Waals surface area contributed by atoms with E-state index in [1.807, 2.05) is 49.4 Å². The number of para-hydroxylation sites is 1. The number of anilines is 2. The summed E-state index contributed by atoms with van der Waals surface area (Å²) in [7, 11) is 0. The second kappa shape index (κ2) is 9.19. The van der Waals surface area contributed by atoms with Gasteiger partial charge in [-0.2, -0.15) is 0 Å². The first-order valence-corrected chi connectivity index (χ1v) is 9.66. The van der Waals surface area contributed by atoms with Crippen molar-refractivity contribution >= 4 is 29.8 Å². The second-order valence-electron chi connectivity index (χ2n) is 7.20. The van der Waals surface area contributed by atoms with E-state index in [2.05, 4.69) is 20.7 Å². The first kappa shape index (κ1) is 21.7. The number of benzene rings is 2. The molecular formula is C22H25ClN4O3. The predicted molar refractivity (Wildman–Crippen MR) is 120 cm³/mol. The van der Waals surface area contributed by atoms with E-state index >= 15 is 0 Å². The van der Waals surface area contributed by atoms with Gasteiger partial charge in [-0.1, -0.05) is 23.4 Å². The van der Waals surface area contributed by atoms with Crippen molar-refractivity contribution in [1.29, 1.82) is 0 Å². The second-order valence-corrected chi connectivity index (χ2v) is 7.20. The van der Waals surface area contributed by atoms with Gasteiger partial charge in [0.2, 0.25) is 5.91 Å². The Morgan fingerprint density at radius 3 is 2.60 bits per heavy atom. The minimum absolute atomic E-state index is 0. The van der Waals surface area contributed by atoms with Gasteiger partial charge in [0.1, 0.15) is 5.75 Å². The summed E-state index contributed by atoms with van der Waals surface area (Å²) in [6.45, 7) is 6.98. The molecule has 0 aliphatic carbocycles. The highest BCUT2D eigenvalue weighted by Gasteiger charge is 2.19. The molecule has 3 aromatic rings. The Hall–Kier alpha value is -3.03. The molecule has 2 aromatic carbocycles. The van der Waals surface area contributed by atoms with Gasteiger partial charge in [-0.15, -0.1) is 12.4 Å². The van der Waals surface area contributed by atoms with Gasteiger partial charge in [0.25, 0.3) is 0 Å². The monoisotopic (exact) mass is 428 g/mol. The standard InChI is InChI=1S/C22H24N4O3.ClH/c1-14-12-16(6-7-19(14)24-15(2)27)17-4-3-5-18(22(17)28)20-13-21(25-29-20)26-10-8-23-9-11-26;/h3-7,12-13,23,28H,8-11H2,1-2H3,(H,24,27);1H. The van der Waals surface area contributed by atoms with Gasteiger partial charge in [0.05, 0.1) is 5.56 Å². The normalized spacial score (nSPS) is 13.6. The van der Waals surface area contributed by atoms with Gasteiger partial charge < -0.3 is 25.2 Å². The van der Waals surface area contributed by atoms with E-state index < -0.39 is 0 Å². The maximum atomic E-state index is 11.3. The number of carbonyl (C=O) groups is 1. The van der Waals surface area contributed by atoms with Crippen molar-refractivity contribution in [2.24, 2.45) is 0 Å². The molecule has 3 N–H and O–H groups in total. The topological polar surface area (TPSA) is 90.6 Å². The summed E-state index contributed by atoms with van der Waals surface area (Å²) in [5, 5.41) is 21.2. The molecule has 1 aromatic heterocycles. The van der Waals surface area contributed by atoms with E-state index in [1.165, 1.54) is 6.92 Å². The fraction of sp³-hybridized carbons (Fsp3) is 0.273. The molecule has 0 unspecified atom stereocenters. The molecule has 0 atom stereocenters. The molecule has 1 saturated heterocycles. The zero-order chi connectivity index (χ0) is 20.4. The van der Waals surface area contributed by atoms with Crippen molar-refractivity contribution in [2.75, 3.05) is 36.4 Å². The van der Waals surface area contributed by atoms with E-state index in [4.69, 9.17) is 4.52 Å². The molecule has 0 bridgehead atoms. The number of rotatable bonds is 4. The van der Waals surface area contributed by atoms with Crippen LogP contribution in [0.3, 0.4) is 0 Å². The lowest BCUT2D eigenvalue weighted by atomic mass is 9.98. The zero-order valence-corrected chi connectivity index (χ0v) is 17.8. The number of amides is 1. The Kier molecular flexibility index (Phi) is 6.64. The number of phenols is 1. The molecule has 2 heterocycles. The van der Waals surface area contributed by atoms with Crippen LogP contribution >= 0.6 is 12.4 Å². The molecule has 7 nitrogen and oxygen atoms in total. The Bertz CT molecular complexity index is 1040. The fourth-order valence-corrected chi connectivity index (χ4v) is 3.57. The highest BCUT2D eigenvalue weighted by Crippen LogP contribution is 2.39. The zero-order valence-electron chi connectivity index (χ0n) is 16.9. The van der Waals surface area contributed by atoms with Gasteiger partial charge in [-0.3, -0.25) is 4.79 Å². The average molecular weight is 429 g/mol. The molecule has 30 heavy (non-hydrogen) atoms. The number of hydrogen-bond donors (Lipinski definition) is 3. The van der Waals surface area contributed by atoms with Crippen molar-refractivity contribution in [3.05, 3.63) is 48.0 Å². The van der Waals surface area contributed by atoms with Crippen molar-refractivity contribution in [2.45, 2.75) is 13.8 Å². The van der Waals surface area contributed by atoms with Crippen LogP contribution in [-0.4, -0.2) is 42.3 Å². The fourth-order valence-electron chi connectivity index (χ4n) is 3.57. The molecule has 0 radical (unpaired) electrons. The molecule has 8 heteroatoms. The number of aromatic nitrogens is 1. The van der Waals surface area contributed by atoms with Crippen LogP contribution in [0.4, 0.5) is 11.5 Å². The van der Waals surface area contributed by atoms with Crippen LogP contribution in [0.2, 0.25) is 0 Å². The van der Waals surface area contributed by atoms with Crippen molar-refractivity contribution < 1.29 is 14.4 Å². The van der Waals surface area contributed by atoms with Crippen LogP contribution in [0, 0.1) is 6.92 Å². The highest BCUT2D eigenvalue weighted by molar-refractivity contribution is 5.90. The highest BCUT2D eigenvalue weighted by atomic mass is 35.5. The summed E-state index contributed by atoms with van der Waals surface area (Å²) in [5.74, 6) is 1.34. The third-order valence-corrected chi connectivity index (χ3v) is 5.09. The summed E-state index contributed by atoms with van der Waals surface area (Å²) in [4.78, 5) is 13.5. The number of nitrogens with one attached hydrogen (secondary N) is 2. The minimum atomic E-state index is -0.115. The maximum Gasteiger partial charge on any atom is 0.221 e. The third-order valence-electron chi connectivity index (χ3n) is 5.09. The van der Waals surface area contributed by atoms with Crippen LogP contribution in [0.15, 0.2) is 47.0 Å². The summed E-state index contributed by atoms with van der Waals surface area (Å²) in [6.07, 6.45) is 0. The molecule has 1 fully saturated rings. The van der Waals surface area contributed by atoms with E-state index in [-0.39, 0.29) is 24.1 Å². The molecular weight excluding hydrogens is 404 g/mol. The van der Waals surface area contributed by atoms with Crippen molar-refractivity contribution in [1.82, 2.24) is 10.5 Å². The van der Waals surface area contributed by atoms with Crippen LogP contribution in [0.1, 0.15) is 12.5 Å².